The summed E-state index contributed by atoms with van der Waals surface area (Å²) in [6, 6.07) is 12.9. The van der Waals surface area contributed by atoms with Crippen LogP contribution in [0.5, 0.6) is 0 Å². The molecule has 0 bridgehead atoms. The van der Waals surface area contributed by atoms with E-state index in [-0.39, 0.29) is 17.5 Å². The zero-order chi connectivity index (χ0) is 22.4. The average molecular weight is 473 g/mol. The highest BCUT2D eigenvalue weighted by molar-refractivity contribution is 6.35. The summed E-state index contributed by atoms with van der Waals surface area (Å²) >= 11 is 12.1. The molecule has 1 aromatic heterocycles. The van der Waals surface area contributed by atoms with Crippen LogP contribution in [0.25, 0.3) is 22.2 Å². The second-order valence-corrected chi connectivity index (χ2v) is 8.55. The molecular weight excluding hydrogens is 457 g/mol. The van der Waals surface area contributed by atoms with Crippen molar-refractivity contribution in [2.24, 2.45) is 0 Å². The van der Waals surface area contributed by atoms with Gasteiger partial charge in [-0.3, -0.25) is 4.79 Å². The van der Waals surface area contributed by atoms with Gasteiger partial charge in [-0.15, -0.1) is 0 Å². The van der Waals surface area contributed by atoms with Crippen molar-refractivity contribution in [1.82, 2.24) is 9.88 Å². The first kappa shape index (κ1) is 20.9. The molecule has 0 radical (unpaired) electrons. The smallest absolute Gasteiger partial charge is 0.254 e. The highest BCUT2D eigenvalue weighted by Gasteiger charge is 2.34. The summed E-state index contributed by atoms with van der Waals surface area (Å²) in [5.74, 6) is -1.08. The molecule has 4 nitrogen and oxygen atoms in total. The summed E-state index contributed by atoms with van der Waals surface area (Å²) in [6.07, 6.45) is 1.50. The van der Waals surface area contributed by atoms with Crippen LogP contribution in [0, 0.1) is 11.6 Å². The minimum atomic E-state index is -0.652. The first-order chi connectivity index (χ1) is 15.4. The largest absolute Gasteiger partial charge is 0.438 e. The van der Waals surface area contributed by atoms with E-state index < -0.39 is 11.6 Å². The fourth-order valence-electron chi connectivity index (χ4n) is 4.09. The Labute approximate surface area is 192 Å². The maximum absolute atomic E-state index is 14.2. The molecule has 1 aliphatic rings. The lowest BCUT2D eigenvalue weighted by Crippen LogP contribution is -2.30. The molecule has 1 fully saturated rings. The summed E-state index contributed by atoms with van der Waals surface area (Å²) < 4.78 is 33.4. The number of likely N-dealkylation sites (tertiary alicyclic amines) is 1. The van der Waals surface area contributed by atoms with Crippen LogP contribution in [0.3, 0.4) is 0 Å². The number of aromatic nitrogens is 1. The lowest BCUT2D eigenvalue weighted by molar-refractivity contribution is 0.0717. The van der Waals surface area contributed by atoms with Gasteiger partial charge in [0.25, 0.3) is 5.91 Å². The maximum atomic E-state index is 14.2. The van der Waals surface area contributed by atoms with Gasteiger partial charge < -0.3 is 9.32 Å². The third-order valence-corrected chi connectivity index (χ3v) is 5.99. The van der Waals surface area contributed by atoms with Crippen molar-refractivity contribution in [2.75, 3.05) is 6.54 Å². The third kappa shape index (κ3) is 3.85. The summed E-state index contributed by atoms with van der Waals surface area (Å²) in [4.78, 5) is 19.4. The van der Waals surface area contributed by atoms with Crippen molar-refractivity contribution in [2.45, 2.75) is 18.9 Å². The third-order valence-electron chi connectivity index (χ3n) is 5.55. The second-order valence-electron chi connectivity index (χ2n) is 7.67. The van der Waals surface area contributed by atoms with Crippen molar-refractivity contribution in [3.8, 4) is 11.1 Å². The van der Waals surface area contributed by atoms with E-state index in [0.29, 0.717) is 51.1 Å². The summed E-state index contributed by atoms with van der Waals surface area (Å²) in [5, 5.41) is 0.776. The van der Waals surface area contributed by atoms with Gasteiger partial charge in [-0.2, -0.15) is 0 Å². The Morgan fingerprint density at radius 2 is 1.81 bits per heavy atom. The van der Waals surface area contributed by atoms with E-state index in [4.69, 9.17) is 27.6 Å². The van der Waals surface area contributed by atoms with Gasteiger partial charge in [-0.05, 0) is 60.9 Å². The van der Waals surface area contributed by atoms with Gasteiger partial charge in [0.05, 0.1) is 0 Å². The summed E-state index contributed by atoms with van der Waals surface area (Å²) in [5.41, 5.74) is 2.29. The molecule has 1 aliphatic heterocycles. The van der Waals surface area contributed by atoms with Crippen LogP contribution < -0.4 is 0 Å². The topological polar surface area (TPSA) is 46.3 Å². The molecule has 1 amide bonds. The Morgan fingerprint density at radius 3 is 2.56 bits per heavy atom. The van der Waals surface area contributed by atoms with E-state index in [1.807, 2.05) is 0 Å². The summed E-state index contributed by atoms with van der Waals surface area (Å²) in [6.45, 7) is 0.554. The number of hydrogen-bond donors (Lipinski definition) is 0. The first-order valence-electron chi connectivity index (χ1n) is 10.0. The van der Waals surface area contributed by atoms with Gasteiger partial charge in [0.15, 0.2) is 5.58 Å². The standard InChI is InChI=1S/C24H16Cl2F2N2O2/c25-15-8-14(9-16(26)11-15)24(31)30-7-1-2-21(30)23-29-20-10-13(3-6-22(20)32-23)18-5-4-17(27)12-19(18)28/h3-6,8-12,21H,1-2,7H2. The number of halogens is 4. The molecular formula is C24H16Cl2F2N2O2. The predicted octanol–water partition coefficient (Wildman–Crippen LogP) is 7.06. The molecule has 1 atom stereocenters. The van der Waals surface area contributed by atoms with Crippen molar-refractivity contribution in [3.05, 3.63) is 87.7 Å². The van der Waals surface area contributed by atoms with Crippen LogP contribution in [0.2, 0.25) is 10.0 Å². The van der Waals surface area contributed by atoms with E-state index in [9.17, 15) is 13.6 Å². The van der Waals surface area contributed by atoms with Crippen molar-refractivity contribution in [3.63, 3.8) is 0 Å². The van der Waals surface area contributed by atoms with Crippen molar-refractivity contribution in [1.29, 1.82) is 0 Å². The average Bonchev–Trinajstić information content (AvgIpc) is 3.38. The van der Waals surface area contributed by atoms with Crippen molar-refractivity contribution < 1.29 is 18.0 Å². The first-order valence-corrected chi connectivity index (χ1v) is 10.8. The number of fused-ring (bicyclic) bond motifs is 1. The number of carbonyl (C=O) groups is 1. The Morgan fingerprint density at radius 1 is 1.03 bits per heavy atom. The predicted molar refractivity (Wildman–Crippen MR) is 119 cm³/mol. The molecule has 1 unspecified atom stereocenters. The zero-order valence-corrected chi connectivity index (χ0v) is 18.1. The molecule has 0 N–H and O–H groups in total. The Bertz CT molecular complexity index is 1340. The fourth-order valence-corrected chi connectivity index (χ4v) is 4.61. The number of amides is 1. The van der Waals surface area contributed by atoms with Gasteiger partial charge in [0.2, 0.25) is 5.89 Å². The Balaban J connectivity index is 1.47. The number of rotatable bonds is 3. The zero-order valence-electron chi connectivity index (χ0n) is 16.6. The molecule has 5 rings (SSSR count). The van der Waals surface area contributed by atoms with Crippen molar-refractivity contribution >= 4 is 40.2 Å². The molecule has 0 spiro atoms. The van der Waals surface area contributed by atoms with Crippen LogP contribution >= 0.6 is 23.2 Å². The van der Waals surface area contributed by atoms with E-state index in [1.54, 1.807) is 41.3 Å². The Kier molecular flexibility index (Phi) is 5.35. The quantitative estimate of drug-likeness (QED) is 0.320. The normalized spacial score (nSPS) is 16.1. The SMILES string of the molecule is O=C(c1cc(Cl)cc(Cl)c1)N1CCCC1c1nc2cc(-c3ccc(F)cc3F)ccc2o1. The molecule has 3 aromatic carbocycles. The van der Waals surface area contributed by atoms with Crippen LogP contribution in [-0.2, 0) is 0 Å². The lowest BCUT2D eigenvalue weighted by Gasteiger charge is -2.22. The fraction of sp³-hybridized carbons (Fsp3) is 0.167. The molecule has 1 saturated heterocycles. The minimum Gasteiger partial charge on any atom is -0.438 e. The van der Waals surface area contributed by atoms with Gasteiger partial charge in [0.1, 0.15) is 23.2 Å². The monoisotopic (exact) mass is 472 g/mol. The number of nitrogens with zero attached hydrogens (tertiary/aromatic N) is 2. The van der Waals surface area contributed by atoms with Gasteiger partial charge in [0, 0.05) is 33.8 Å². The molecule has 4 aromatic rings. The lowest BCUT2D eigenvalue weighted by atomic mass is 10.0. The highest BCUT2D eigenvalue weighted by Crippen LogP contribution is 2.36. The van der Waals surface area contributed by atoms with Crippen LogP contribution in [0.15, 0.2) is 59.0 Å². The van der Waals surface area contributed by atoms with Crippen LogP contribution in [0.1, 0.15) is 35.1 Å². The maximum Gasteiger partial charge on any atom is 0.254 e. The number of oxazole rings is 1. The number of benzene rings is 3. The highest BCUT2D eigenvalue weighted by atomic mass is 35.5. The molecule has 32 heavy (non-hydrogen) atoms. The van der Waals surface area contributed by atoms with E-state index >= 15 is 0 Å². The number of carbonyl (C=O) groups excluding carboxylic acids is 1. The Hall–Kier alpha value is -2.96. The molecule has 8 heteroatoms. The van der Waals surface area contributed by atoms with E-state index in [0.717, 1.165) is 12.5 Å². The van der Waals surface area contributed by atoms with Crippen LogP contribution in [-0.4, -0.2) is 22.3 Å². The van der Waals surface area contributed by atoms with Crippen LogP contribution in [0.4, 0.5) is 8.78 Å². The van der Waals surface area contributed by atoms with E-state index in [2.05, 4.69) is 4.98 Å². The number of hydrogen-bond acceptors (Lipinski definition) is 3. The second kappa shape index (κ2) is 8.19. The summed E-state index contributed by atoms with van der Waals surface area (Å²) in [7, 11) is 0. The molecule has 162 valence electrons. The minimum absolute atomic E-state index is 0.201. The van der Waals surface area contributed by atoms with Gasteiger partial charge >= 0.3 is 0 Å². The molecule has 2 heterocycles. The van der Waals surface area contributed by atoms with E-state index in [1.165, 1.54) is 12.1 Å². The van der Waals surface area contributed by atoms with Gasteiger partial charge in [-0.1, -0.05) is 29.3 Å². The molecule has 0 aliphatic carbocycles. The molecule has 0 saturated carbocycles. The van der Waals surface area contributed by atoms with Gasteiger partial charge in [-0.25, -0.2) is 13.8 Å².